The maximum atomic E-state index is 13.5. The van der Waals surface area contributed by atoms with E-state index < -0.39 is 12.0 Å². The van der Waals surface area contributed by atoms with Gasteiger partial charge < -0.3 is 10.1 Å². The molecule has 0 unspecified atom stereocenters. The van der Waals surface area contributed by atoms with Crippen LogP contribution in [-0.2, 0) is 9.53 Å². The molecule has 3 aromatic rings. The lowest BCUT2D eigenvalue weighted by molar-refractivity contribution is -0.138. The standard InChI is InChI=1S/C20H16ClN5O3/c1-2-29-19(28)16-15(18(27)13-8-10-14(21)11-9-13)17(12-6-4-3-5-7-12)26-20(22-16)23-24-25-26/h3-11,17H,2H2,1H3,(H,22,23,25)/t17-/m0/s1. The van der Waals surface area contributed by atoms with E-state index in [1.54, 1.807) is 31.2 Å². The number of benzene rings is 2. The number of rotatable bonds is 5. The van der Waals surface area contributed by atoms with Gasteiger partial charge in [0.1, 0.15) is 11.7 Å². The molecule has 1 aliphatic rings. The molecule has 0 saturated heterocycles. The Bertz CT molecular complexity index is 1090. The van der Waals surface area contributed by atoms with Gasteiger partial charge in [-0.3, -0.25) is 4.79 Å². The first-order valence-electron chi connectivity index (χ1n) is 8.91. The first-order chi connectivity index (χ1) is 14.1. The first-order valence-corrected chi connectivity index (χ1v) is 9.29. The third kappa shape index (κ3) is 3.50. The van der Waals surface area contributed by atoms with Crippen LogP contribution in [0.1, 0.15) is 28.9 Å². The number of tetrazole rings is 1. The fourth-order valence-electron chi connectivity index (χ4n) is 3.19. The molecule has 2 heterocycles. The highest BCUT2D eigenvalue weighted by atomic mass is 35.5. The molecule has 8 nitrogen and oxygen atoms in total. The number of Topliss-reactive ketones (excluding diaryl/α,β-unsaturated/α-hetero) is 1. The highest BCUT2D eigenvalue weighted by molar-refractivity contribution is 6.30. The summed E-state index contributed by atoms with van der Waals surface area (Å²) in [6.45, 7) is 1.86. The van der Waals surface area contributed by atoms with E-state index >= 15 is 0 Å². The van der Waals surface area contributed by atoms with Crippen LogP contribution in [0.15, 0.2) is 65.9 Å². The van der Waals surface area contributed by atoms with Crippen LogP contribution in [0.2, 0.25) is 5.02 Å². The summed E-state index contributed by atoms with van der Waals surface area (Å²) in [5, 5.41) is 15.0. The van der Waals surface area contributed by atoms with Crippen molar-refractivity contribution >= 4 is 29.3 Å². The molecule has 1 aromatic heterocycles. The van der Waals surface area contributed by atoms with Crippen LogP contribution in [0.4, 0.5) is 5.95 Å². The van der Waals surface area contributed by atoms with Gasteiger partial charge in [0.2, 0.25) is 5.95 Å². The lowest BCUT2D eigenvalue weighted by Crippen LogP contribution is -2.33. The molecule has 2 aromatic carbocycles. The number of anilines is 1. The van der Waals surface area contributed by atoms with E-state index in [1.807, 2.05) is 30.3 Å². The van der Waals surface area contributed by atoms with Crippen LogP contribution in [0.3, 0.4) is 0 Å². The highest BCUT2D eigenvalue weighted by Gasteiger charge is 2.38. The predicted molar refractivity (Wildman–Crippen MR) is 105 cm³/mol. The predicted octanol–water partition coefficient (Wildman–Crippen LogP) is 3.04. The Morgan fingerprint density at radius 1 is 1.14 bits per heavy atom. The summed E-state index contributed by atoms with van der Waals surface area (Å²) < 4.78 is 6.66. The van der Waals surface area contributed by atoms with Crippen molar-refractivity contribution in [3.63, 3.8) is 0 Å². The second-order valence-electron chi connectivity index (χ2n) is 6.23. The molecule has 1 atom stereocenters. The molecule has 9 heteroatoms. The van der Waals surface area contributed by atoms with Gasteiger partial charge in [0, 0.05) is 10.6 Å². The average molecular weight is 410 g/mol. The third-order valence-corrected chi connectivity index (χ3v) is 4.71. The SMILES string of the molecule is CCOC(=O)C1=C(C(=O)c2ccc(Cl)cc2)[C@H](c2ccccc2)n2nnnc2N1. The number of halogens is 1. The molecule has 146 valence electrons. The largest absolute Gasteiger partial charge is 0.461 e. The first kappa shape index (κ1) is 18.8. The van der Waals surface area contributed by atoms with Crippen LogP contribution in [0, 0.1) is 0 Å². The minimum absolute atomic E-state index is 0.0166. The number of nitrogens with one attached hydrogen (secondary N) is 1. The van der Waals surface area contributed by atoms with Gasteiger partial charge in [-0.05, 0) is 47.2 Å². The number of hydrogen-bond acceptors (Lipinski definition) is 7. The van der Waals surface area contributed by atoms with Gasteiger partial charge >= 0.3 is 5.97 Å². The number of ether oxygens (including phenoxy) is 1. The summed E-state index contributed by atoms with van der Waals surface area (Å²) in [4.78, 5) is 26.2. The highest BCUT2D eigenvalue weighted by Crippen LogP contribution is 2.36. The summed E-state index contributed by atoms with van der Waals surface area (Å²) in [7, 11) is 0. The molecule has 0 aliphatic carbocycles. The maximum absolute atomic E-state index is 13.5. The Hall–Kier alpha value is -3.52. The Morgan fingerprint density at radius 3 is 2.55 bits per heavy atom. The molecule has 1 aliphatic heterocycles. The van der Waals surface area contributed by atoms with Crippen molar-refractivity contribution in [3.05, 3.63) is 82.0 Å². The van der Waals surface area contributed by atoms with Crippen molar-refractivity contribution in [2.24, 2.45) is 0 Å². The van der Waals surface area contributed by atoms with Crippen LogP contribution in [0.5, 0.6) is 0 Å². The van der Waals surface area contributed by atoms with E-state index in [4.69, 9.17) is 16.3 Å². The summed E-state index contributed by atoms with van der Waals surface area (Å²) in [6, 6.07) is 15.0. The average Bonchev–Trinajstić information content (AvgIpc) is 3.21. The number of esters is 1. The summed E-state index contributed by atoms with van der Waals surface area (Å²) >= 11 is 5.96. The van der Waals surface area contributed by atoms with Gasteiger partial charge in [-0.1, -0.05) is 47.0 Å². The van der Waals surface area contributed by atoms with Crippen molar-refractivity contribution in [2.45, 2.75) is 13.0 Å². The quantitative estimate of drug-likeness (QED) is 0.510. The lowest BCUT2D eigenvalue weighted by atomic mass is 9.89. The van der Waals surface area contributed by atoms with Crippen LogP contribution in [0.25, 0.3) is 0 Å². The van der Waals surface area contributed by atoms with Gasteiger partial charge in [0.05, 0.1) is 12.2 Å². The number of allylic oxidation sites excluding steroid dienone is 1. The van der Waals surface area contributed by atoms with Crippen LogP contribution < -0.4 is 5.32 Å². The number of nitrogens with zero attached hydrogens (tertiary/aromatic N) is 4. The Kier molecular flexibility index (Phi) is 5.09. The zero-order chi connectivity index (χ0) is 20.4. The van der Waals surface area contributed by atoms with Crippen molar-refractivity contribution in [2.75, 3.05) is 11.9 Å². The summed E-state index contributed by atoms with van der Waals surface area (Å²) in [5.74, 6) is -0.762. The summed E-state index contributed by atoms with van der Waals surface area (Å²) in [5.41, 5.74) is 1.34. The minimum atomic E-state index is -0.704. The zero-order valence-corrected chi connectivity index (χ0v) is 16.1. The van der Waals surface area contributed by atoms with Gasteiger partial charge in [0.15, 0.2) is 5.78 Å². The Balaban J connectivity index is 1.93. The molecule has 0 spiro atoms. The number of hydrogen-bond donors (Lipinski definition) is 1. The topological polar surface area (TPSA) is 99.0 Å². The van der Waals surface area contributed by atoms with Gasteiger partial charge in [-0.2, -0.15) is 4.68 Å². The number of carbonyl (C=O) groups is 2. The molecule has 0 radical (unpaired) electrons. The molecule has 4 rings (SSSR count). The van der Waals surface area contributed by atoms with Gasteiger partial charge in [0.25, 0.3) is 0 Å². The summed E-state index contributed by atoms with van der Waals surface area (Å²) in [6.07, 6.45) is 0. The molecule has 0 fully saturated rings. The fourth-order valence-corrected chi connectivity index (χ4v) is 3.32. The number of aromatic nitrogens is 4. The minimum Gasteiger partial charge on any atom is -0.461 e. The van der Waals surface area contributed by atoms with Crippen molar-refractivity contribution in [3.8, 4) is 0 Å². The molecule has 29 heavy (non-hydrogen) atoms. The van der Waals surface area contributed by atoms with E-state index in [9.17, 15) is 9.59 Å². The third-order valence-electron chi connectivity index (χ3n) is 4.46. The second-order valence-corrected chi connectivity index (χ2v) is 6.67. The van der Waals surface area contributed by atoms with Gasteiger partial charge in [-0.15, -0.1) is 0 Å². The lowest BCUT2D eigenvalue weighted by Gasteiger charge is -2.28. The van der Waals surface area contributed by atoms with Crippen molar-refractivity contribution < 1.29 is 14.3 Å². The second kappa shape index (κ2) is 7.84. The molecular formula is C20H16ClN5O3. The molecular weight excluding hydrogens is 394 g/mol. The van der Waals surface area contributed by atoms with E-state index in [0.717, 1.165) is 5.56 Å². The smallest absolute Gasteiger partial charge is 0.355 e. The van der Waals surface area contributed by atoms with Crippen molar-refractivity contribution in [1.29, 1.82) is 0 Å². The Morgan fingerprint density at radius 2 is 1.86 bits per heavy atom. The molecule has 0 bridgehead atoms. The maximum Gasteiger partial charge on any atom is 0.355 e. The van der Waals surface area contributed by atoms with E-state index in [2.05, 4.69) is 20.8 Å². The molecule has 0 amide bonds. The zero-order valence-electron chi connectivity index (χ0n) is 15.4. The fraction of sp³-hybridized carbons (Fsp3) is 0.150. The van der Waals surface area contributed by atoms with Crippen molar-refractivity contribution in [1.82, 2.24) is 20.2 Å². The molecule has 1 N–H and O–H groups in total. The normalized spacial score (nSPS) is 15.4. The number of fused-ring (bicyclic) bond motifs is 1. The number of carbonyl (C=O) groups excluding carboxylic acids is 2. The number of ketones is 1. The monoisotopic (exact) mass is 409 g/mol. The van der Waals surface area contributed by atoms with E-state index in [-0.39, 0.29) is 29.6 Å². The van der Waals surface area contributed by atoms with E-state index in [1.165, 1.54) is 4.68 Å². The van der Waals surface area contributed by atoms with Crippen LogP contribution in [-0.4, -0.2) is 38.6 Å². The Labute approximate surface area is 171 Å². The van der Waals surface area contributed by atoms with Gasteiger partial charge in [-0.25, -0.2) is 4.79 Å². The van der Waals surface area contributed by atoms with E-state index in [0.29, 0.717) is 10.6 Å². The molecule has 0 saturated carbocycles. The van der Waals surface area contributed by atoms with Crippen LogP contribution >= 0.6 is 11.6 Å².